The van der Waals surface area contributed by atoms with Gasteiger partial charge in [-0.05, 0) is 42.8 Å². The summed E-state index contributed by atoms with van der Waals surface area (Å²) in [6, 6.07) is 7.63. The number of rotatable bonds is 2. The maximum atomic E-state index is 14.0. The van der Waals surface area contributed by atoms with Crippen LogP contribution in [0.4, 0.5) is 4.39 Å². The lowest BCUT2D eigenvalue weighted by molar-refractivity contribution is 0.0699. The number of carboxylic acids is 1. The predicted molar refractivity (Wildman–Crippen MR) is 71.1 cm³/mol. The molecule has 0 aliphatic heterocycles. The molecule has 0 bridgehead atoms. The van der Waals surface area contributed by atoms with Crippen molar-refractivity contribution in [1.82, 2.24) is 4.98 Å². The van der Waals surface area contributed by atoms with E-state index in [9.17, 15) is 14.3 Å². The van der Waals surface area contributed by atoms with Crippen molar-refractivity contribution in [3.63, 3.8) is 0 Å². The zero-order chi connectivity index (χ0) is 14.3. The molecule has 0 spiro atoms. The van der Waals surface area contributed by atoms with E-state index in [0.717, 1.165) is 0 Å². The van der Waals surface area contributed by atoms with Crippen LogP contribution in [-0.2, 0) is 0 Å². The Kier molecular flexibility index (Phi) is 2.75. The molecule has 4 nitrogen and oxygen atoms in total. The van der Waals surface area contributed by atoms with Crippen LogP contribution >= 0.6 is 0 Å². The van der Waals surface area contributed by atoms with Gasteiger partial charge in [-0.3, -0.25) is 0 Å². The predicted octanol–water partition coefficient (Wildman–Crippen LogP) is 3.64. The minimum absolute atomic E-state index is 0.00370. The summed E-state index contributed by atoms with van der Waals surface area (Å²) in [6.45, 7) is 1.70. The first-order valence-electron chi connectivity index (χ1n) is 5.94. The number of fused-ring (bicyclic) bond motifs is 1. The molecule has 0 aliphatic carbocycles. The molecule has 0 aliphatic rings. The average molecular weight is 271 g/mol. The highest BCUT2D eigenvalue weighted by atomic mass is 19.1. The monoisotopic (exact) mass is 271 g/mol. The minimum atomic E-state index is -1.13. The molecular formula is C15H10FNO3. The minimum Gasteiger partial charge on any atom is -0.478 e. The molecule has 0 unspecified atom stereocenters. The highest BCUT2D eigenvalue weighted by Gasteiger charge is 2.16. The summed E-state index contributed by atoms with van der Waals surface area (Å²) in [5.74, 6) is -1.28. The van der Waals surface area contributed by atoms with Crippen LogP contribution in [0.15, 0.2) is 41.0 Å². The van der Waals surface area contributed by atoms with Crippen molar-refractivity contribution < 1.29 is 18.7 Å². The summed E-state index contributed by atoms with van der Waals surface area (Å²) in [6.07, 6.45) is 1.45. The average Bonchev–Trinajstić information content (AvgIpc) is 2.91. The fourth-order valence-corrected chi connectivity index (χ4v) is 2.15. The molecule has 20 heavy (non-hydrogen) atoms. The second-order valence-corrected chi connectivity index (χ2v) is 4.48. The molecule has 3 rings (SSSR count). The van der Waals surface area contributed by atoms with Gasteiger partial charge in [0.2, 0.25) is 0 Å². The molecule has 0 atom stereocenters. The Labute approximate surface area is 113 Å². The van der Waals surface area contributed by atoms with Crippen molar-refractivity contribution in [3.05, 3.63) is 53.5 Å². The topological polar surface area (TPSA) is 63.3 Å². The number of carboxylic acid groups (broad SMARTS) is 1. The zero-order valence-corrected chi connectivity index (χ0v) is 10.6. The molecule has 0 fully saturated rings. The van der Waals surface area contributed by atoms with Gasteiger partial charge in [0.05, 0.1) is 11.8 Å². The Morgan fingerprint density at radius 2 is 2.15 bits per heavy atom. The van der Waals surface area contributed by atoms with E-state index in [1.54, 1.807) is 25.1 Å². The number of benzene rings is 1. The molecule has 2 aromatic heterocycles. The number of aromatic carboxylic acids is 1. The quantitative estimate of drug-likeness (QED) is 0.772. The van der Waals surface area contributed by atoms with Gasteiger partial charge >= 0.3 is 5.97 Å². The van der Waals surface area contributed by atoms with Crippen molar-refractivity contribution >= 4 is 16.9 Å². The SMILES string of the molecule is Cc1cc(F)c2nc(-c3ccco3)cc(C(=O)O)c2c1. The van der Waals surface area contributed by atoms with Gasteiger partial charge < -0.3 is 9.52 Å². The van der Waals surface area contributed by atoms with Crippen LogP contribution in [-0.4, -0.2) is 16.1 Å². The molecule has 100 valence electrons. The van der Waals surface area contributed by atoms with Crippen LogP contribution in [0.1, 0.15) is 15.9 Å². The second-order valence-electron chi connectivity index (χ2n) is 4.48. The number of nitrogens with zero attached hydrogens (tertiary/aromatic N) is 1. The second kappa shape index (κ2) is 4.45. The number of aromatic nitrogens is 1. The first kappa shape index (κ1) is 12.3. The summed E-state index contributed by atoms with van der Waals surface area (Å²) in [7, 11) is 0. The van der Waals surface area contributed by atoms with E-state index in [1.807, 2.05) is 0 Å². The molecule has 0 saturated carbocycles. The molecule has 1 aromatic carbocycles. The number of aryl methyl sites for hydroxylation is 1. The molecule has 0 radical (unpaired) electrons. The lowest BCUT2D eigenvalue weighted by Crippen LogP contribution is -2.01. The van der Waals surface area contributed by atoms with E-state index in [2.05, 4.69) is 4.98 Å². The van der Waals surface area contributed by atoms with Crippen LogP contribution in [0.5, 0.6) is 0 Å². The van der Waals surface area contributed by atoms with Gasteiger partial charge in [-0.1, -0.05) is 0 Å². The van der Waals surface area contributed by atoms with Gasteiger partial charge in [0, 0.05) is 5.39 Å². The standard InChI is InChI=1S/C15H10FNO3/c1-8-5-9-10(15(18)19)7-12(13-3-2-4-20-13)17-14(9)11(16)6-8/h2-7H,1H3,(H,18,19). The number of pyridine rings is 1. The van der Waals surface area contributed by atoms with Gasteiger partial charge in [-0.2, -0.15) is 0 Å². The Bertz CT molecular complexity index is 810. The summed E-state index contributed by atoms with van der Waals surface area (Å²) < 4.78 is 19.2. The third-order valence-corrected chi connectivity index (χ3v) is 3.02. The van der Waals surface area contributed by atoms with Crippen LogP contribution in [0, 0.1) is 12.7 Å². The highest BCUT2D eigenvalue weighted by molar-refractivity contribution is 6.04. The van der Waals surface area contributed by atoms with E-state index in [4.69, 9.17) is 4.42 Å². The maximum absolute atomic E-state index is 14.0. The fraction of sp³-hybridized carbons (Fsp3) is 0.0667. The van der Waals surface area contributed by atoms with E-state index in [1.165, 1.54) is 18.4 Å². The number of hydrogen-bond acceptors (Lipinski definition) is 3. The van der Waals surface area contributed by atoms with Crippen LogP contribution in [0.2, 0.25) is 0 Å². The molecule has 2 heterocycles. The molecule has 3 aromatic rings. The van der Waals surface area contributed by atoms with Gasteiger partial charge in [0.15, 0.2) is 5.76 Å². The van der Waals surface area contributed by atoms with Crippen molar-refractivity contribution in [2.75, 3.05) is 0 Å². The van der Waals surface area contributed by atoms with Gasteiger partial charge in [-0.25, -0.2) is 14.2 Å². The molecule has 0 amide bonds. The normalized spacial score (nSPS) is 10.9. The summed E-state index contributed by atoms with van der Waals surface area (Å²) in [5, 5.41) is 9.59. The van der Waals surface area contributed by atoms with Gasteiger partial charge in [0.25, 0.3) is 0 Å². The molecular weight excluding hydrogens is 261 g/mol. The first-order valence-corrected chi connectivity index (χ1v) is 5.94. The van der Waals surface area contributed by atoms with Gasteiger partial charge in [0.1, 0.15) is 17.0 Å². The van der Waals surface area contributed by atoms with E-state index >= 15 is 0 Å². The maximum Gasteiger partial charge on any atom is 0.336 e. The van der Waals surface area contributed by atoms with Crippen LogP contribution < -0.4 is 0 Å². The van der Waals surface area contributed by atoms with Crippen LogP contribution in [0.3, 0.4) is 0 Å². The van der Waals surface area contributed by atoms with Crippen molar-refractivity contribution in [1.29, 1.82) is 0 Å². The molecule has 0 saturated heterocycles. The third-order valence-electron chi connectivity index (χ3n) is 3.02. The number of hydrogen-bond donors (Lipinski definition) is 1. The van der Waals surface area contributed by atoms with E-state index in [-0.39, 0.29) is 16.5 Å². The molecule has 1 N–H and O–H groups in total. The van der Waals surface area contributed by atoms with Crippen molar-refractivity contribution in [2.24, 2.45) is 0 Å². The summed E-state index contributed by atoms with van der Waals surface area (Å²) in [4.78, 5) is 15.5. The highest BCUT2D eigenvalue weighted by Crippen LogP contribution is 2.27. The van der Waals surface area contributed by atoms with Crippen molar-refractivity contribution in [3.8, 4) is 11.5 Å². The third kappa shape index (κ3) is 1.93. The number of halogens is 1. The van der Waals surface area contributed by atoms with E-state index in [0.29, 0.717) is 17.0 Å². The Morgan fingerprint density at radius 1 is 1.35 bits per heavy atom. The summed E-state index contributed by atoms with van der Waals surface area (Å²) in [5.41, 5.74) is 0.971. The van der Waals surface area contributed by atoms with Crippen LogP contribution in [0.25, 0.3) is 22.4 Å². The lowest BCUT2D eigenvalue weighted by atomic mass is 10.0. The number of furan rings is 1. The molecule has 5 heteroatoms. The van der Waals surface area contributed by atoms with Crippen molar-refractivity contribution in [2.45, 2.75) is 6.92 Å². The van der Waals surface area contributed by atoms with E-state index < -0.39 is 11.8 Å². The Hall–Kier alpha value is -2.69. The first-order chi connectivity index (χ1) is 9.56. The van der Waals surface area contributed by atoms with Gasteiger partial charge in [-0.15, -0.1) is 0 Å². The smallest absolute Gasteiger partial charge is 0.336 e. The Morgan fingerprint density at radius 3 is 2.80 bits per heavy atom. The largest absolute Gasteiger partial charge is 0.478 e. The zero-order valence-electron chi connectivity index (χ0n) is 10.6. The Balaban J connectivity index is 2.40. The lowest BCUT2D eigenvalue weighted by Gasteiger charge is -2.07. The number of carbonyl (C=O) groups is 1. The summed E-state index contributed by atoms with van der Waals surface area (Å²) >= 11 is 0. The fourth-order valence-electron chi connectivity index (χ4n) is 2.15.